The summed E-state index contributed by atoms with van der Waals surface area (Å²) in [6.07, 6.45) is 4.65. The second kappa shape index (κ2) is 4.90. The van der Waals surface area contributed by atoms with Gasteiger partial charge >= 0.3 is 0 Å². The van der Waals surface area contributed by atoms with Crippen molar-refractivity contribution < 1.29 is 8.42 Å². The molecule has 0 saturated heterocycles. The number of pyridine rings is 1. The first-order valence-electron chi connectivity index (χ1n) is 6.62. The maximum absolute atomic E-state index is 12.4. The van der Waals surface area contributed by atoms with Crippen LogP contribution in [0.2, 0.25) is 0 Å². The fourth-order valence-corrected chi connectivity index (χ4v) is 3.83. The van der Waals surface area contributed by atoms with E-state index in [-0.39, 0.29) is 0 Å². The number of aromatic nitrogens is 1. The lowest BCUT2D eigenvalue weighted by Crippen LogP contribution is -2.14. The molecular weight excluding hydrogens is 272 g/mol. The minimum atomic E-state index is -3.55. The zero-order valence-electron chi connectivity index (χ0n) is 11.3. The molecule has 1 aromatic heterocycles. The SMILES string of the molecule is Cc1ccccc1S(=O)(=O)Nc1cnc2c(c1)CCC2. The number of anilines is 1. The summed E-state index contributed by atoms with van der Waals surface area (Å²) < 4.78 is 27.4. The van der Waals surface area contributed by atoms with Crippen molar-refractivity contribution in [1.82, 2.24) is 4.98 Å². The van der Waals surface area contributed by atoms with Crippen LogP contribution < -0.4 is 4.72 Å². The third-order valence-electron chi connectivity index (χ3n) is 3.55. The molecule has 0 spiro atoms. The van der Waals surface area contributed by atoms with Gasteiger partial charge in [-0.2, -0.15) is 0 Å². The molecule has 104 valence electrons. The molecule has 0 bridgehead atoms. The molecule has 0 unspecified atom stereocenters. The predicted molar refractivity (Wildman–Crippen MR) is 78.2 cm³/mol. The van der Waals surface area contributed by atoms with Gasteiger partial charge in [0.15, 0.2) is 0 Å². The fraction of sp³-hybridized carbons (Fsp3) is 0.267. The molecule has 1 aromatic carbocycles. The number of fused-ring (bicyclic) bond motifs is 1. The van der Waals surface area contributed by atoms with Gasteiger partial charge in [0.05, 0.1) is 16.8 Å². The number of hydrogen-bond donors (Lipinski definition) is 1. The minimum Gasteiger partial charge on any atom is -0.278 e. The lowest BCUT2D eigenvalue weighted by atomic mass is 10.2. The Morgan fingerprint density at radius 2 is 2.00 bits per heavy atom. The molecule has 1 aliphatic carbocycles. The van der Waals surface area contributed by atoms with Gasteiger partial charge in [0.2, 0.25) is 0 Å². The average molecular weight is 288 g/mol. The molecule has 0 aliphatic heterocycles. The molecule has 1 N–H and O–H groups in total. The third-order valence-corrected chi connectivity index (χ3v) is 5.10. The summed E-state index contributed by atoms with van der Waals surface area (Å²) in [5.74, 6) is 0. The number of sulfonamides is 1. The van der Waals surface area contributed by atoms with Crippen LogP contribution in [0.25, 0.3) is 0 Å². The zero-order chi connectivity index (χ0) is 14.2. The summed E-state index contributed by atoms with van der Waals surface area (Å²) in [6.45, 7) is 1.79. The topological polar surface area (TPSA) is 59.1 Å². The molecule has 0 saturated carbocycles. The van der Waals surface area contributed by atoms with Gasteiger partial charge in [0, 0.05) is 5.69 Å². The van der Waals surface area contributed by atoms with E-state index in [1.165, 1.54) is 0 Å². The van der Waals surface area contributed by atoms with Crippen LogP contribution in [0.3, 0.4) is 0 Å². The fourth-order valence-electron chi connectivity index (χ4n) is 2.55. The smallest absolute Gasteiger partial charge is 0.262 e. The summed E-state index contributed by atoms with van der Waals surface area (Å²) in [7, 11) is -3.55. The highest BCUT2D eigenvalue weighted by atomic mass is 32.2. The van der Waals surface area contributed by atoms with Crippen LogP contribution in [0.5, 0.6) is 0 Å². The number of aryl methyl sites for hydroxylation is 3. The monoisotopic (exact) mass is 288 g/mol. The summed E-state index contributed by atoms with van der Waals surface area (Å²) in [4.78, 5) is 4.64. The first kappa shape index (κ1) is 13.1. The highest BCUT2D eigenvalue weighted by Gasteiger charge is 2.18. The summed E-state index contributed by atoms with van der Waals surface area (Å²) >= 11 is 0. The van der Waals surface area contributed by atoms with Crippen LogP contribution in [-0.4, -0.2) is 13.4 Å². The van der Waals surface area contributed by atoms with Gasteiger partial charge in [-0.25, -0.2) is 8.42 Å². The average Bonchev–Trinajstić information content (AvgIpc) is 2.86. The Kier molecular flexibility index (Phi) is 3.22. The molecule has 20 heavy (non-hydrogen) atoms. The molecule has 0 atom stereocenters. The zero-order valence-corrected chi connectivity index (χ0v) is 12.1. The van der Waals surface area contributed by atoms with Crippen molar-refractivity contribution in [1.29, 1.82) is 0 Å². The van der Waals surface area contributed by atoms with Crippen LogP contribution >= 0.6 is 0 Å². The van der Waals surface area contributed by atoms with E-state index in [2.05, 4.69) is 9.71 Å². The Morgan fingerprint density at radius 1 is 1.20 bits per heavy atom. The van der Waals surface area contributed by atoms with E-state index < -0.39 is 10.0 Å². The number of hydrogen-bond acceptors (Lipinski definition) is 3. The van der Waals surface area contributed by atoms with E-state index in [0.717, 1.165) is 36.1 Å². The van der Waals surface area contributed by atoms with E-state index in [9.17, 15) is 8.42 Å². The van der Waals surface area contributed by atoms with E-state index in [1.54, 1.807) is 31.3 Å². The van der Waals surface area contributed by atoms with E-state index >= 15 is 0 Å². The Bertz CT molecular complexity index is 754. The minimum absolute atomic E-state index is 0.306. The molecule has 0 fully saturated rings. The number of rotatable bonds is 3. The molecule has 5 heteroatoms. The highest BCUT2D eigenvalue weighted by Crippen LogP contribution is 2.24. The molecular formula is C15H16N2O2S. The van der Waals surface area contributed by atoms with Crippen LogP contribution in [-0.2, 0) is 22.9 Å². The summed E-state index contributed by atoms with van der Waals surface area (Å²) in [5, 5.41) is 0. The van der Waals surface area contributed by atoms with Crippen molar-refractivity contribution in [2.24, 2.45) is 0 Å². The lowest BCUT2D eigenvalue weighted by molar-refractivity contribution is 0.600. The molecule has 4 nitrogen and oxygen atoms in total. The van der Waals surface area contributed by atoms with Crippen LogP contribution in [0.4, 0.5) is 5.69 Å². The third kappa shape index (κ3) is 2.41. The Hall–Kier alpha value is -1.88. The Balaban J connectivity index is 1.93. The van der Waals surface area contributed by atoms with Crippen molar-refractivity contribution in [3.8, 4) is 0 Å². The van der Waals surface area contributed by atoms with Gasteiger partial charge in [0.1, 0.15) is 0 Å². The molecule has 1 heterocycles. The van der Waals surface area contributed by atoms with Crippen LogP contribution in [0.1, 0.15) is 23.2 Å². The second-order valence-corrected chi connectivity index (χ2v) is 6.71. The molecule has 3 rings (SSSR count). The Labute approximate surface area is 118 Å². The van der Waals surface area contributed by atoms with Gasteiger partial charge in [0.25, 0.3) is 10.0 Å². The van der Waals surface area contributed by atoms with Gasteiger partial charge in [-0.15, -0.1) is 0 Å². The lowest BCUT2D eigenvalue weighted by Gasteiger charge is -2.11. The predicted octanol–water partition coefficient (Wildman–Crippen LogP) is 2.68. The maximum atomic E-state index is 12.4. The molecule has 0 amide bonds. The van der Waals surface area contributed by atoms with Crippen molar-refractivity contribution in [2.45, 2.75) is 31.1 Å². The standard InChI is InChI=1S/C15H16N2O2S/c1-11-5-2-3-8-15(11)20(18,19)17-13-9-12-6-4-7-14(12)16-10-13/h2-3,5,8-10,17H,4,6-7H2,1H3. The largest absolute Gasteiger partial charge is 0.278 e. The number of nitrogens with zero attached hydrogens (tertiary/aromatic N) is 1. The van der Waals surface area contributed by atoms with Crippen molar-refractivity contribution >= 4 is 15.7 Å². The summed E-state index contributed by atoms with van der Waals surface area (Å²) in [5.41, 5.74) is 3.50. The highest BCUT2D eigenvalue weighted by molar-refractivity contribution is 7.92. The van der Waals surface area contributed by atoms with Crippen molar-refractivity contribution in [2.75, 3.05) is 4.72 Å². The molecule has 2 aromatic rings. The van der Waals surface area contributed by atoms with E-state index in [4.69, 9.17) is 0 Å². The van der Waals surface area contributed by atoms with E-state index in [1.807, 2.05) is 12.1 Å². The van der Waals surface area contributed by atoms with Gasteiger partial charge in [-0.05, 0) is 49.4 Å². The number of nitrogens with one attached hydrogen (secondary N) is 1. The summed E-state index contributed by atoms with van der Waals surface area (Å²) in [6, 6.07) is 8.84. The van der Waals surface area contributed by atoms with Gasteiger partial charge in [-0.3, -0.25) is 9.71 Å². The molecule has 1 aliphatic rings. The van der Waals surface area contributed by atoms with Gasteiger partial charge < -0.3 is 0 Å². The van der Waals surface area contributed by atoms with Crippen molar-refractivity contribution in [3.63, 3.8) is 0 Å². The van der Waals surface area contributed by atoms with Crippen LogP contribution in [0.15, 0.2) is 41.4 Å². The van der Waals surface area contributed by atoms with Crippen molar-refractivity contribution in [3.05, 3.63) is 53.3 Å². The first-order chi connectivity index (χ1) is 9.56. The van der Waals surface area contributed by atoms with Gasteiger partial charge in [-0.1, -0.05) is 18.2 Å². The quantitative estimate of drug-likeness (QED) is 0.944. The van der Waals surface area contributed by atoms with E-state index in [0.29, 0.717) is 10.6 Å². The maximum Gasteiger partial charge on any atom is 0.262 e. The second-order valence-electron chi connectivity index (χ2n) is 5.05. The number of benzene rings is 1. The Morgan fingerprint density at radius 3 is 2.80 bits per heavy atom. The normalized spacial score (nSPS) is 14.1. The first-order valence-corrected chi connectivity index (χ1v) is 8.11. The molecule has 0 radical (unpaired) electrons. The van der Waals surface area contributed by atoms with Crippen LogP contribution in [0, 0.1) is 6.92 Å².